The lowest BCUT2D eigenvalue weighted by Gasteiger charge is -2.43. The van der Waals surface area contributed by atoms with Gasteiger partial charge in [-0.1, -0.05) is 32.9 Å². The van der Waals surface area contributed by atoms with Crippen LogP contribution < -0.4 is 11.1 Å². The highest BCUT2D eigenvalue weighted by atomic mass is 32.2. The predicted octanol–water partition coefficient (Wildman–Crippen LogP) is 1.82. The summed E-state index contributed by atoms with van der Waals surface area (Å²) in [5, 5.41) is 7.70. The highest BCUT2D eigenvalue weighted by Crippen LogP contribution is 2.26. The molecular weight excluding hydrogens is 564 g/mol. The molecule has 2 amide bonds. The number of amides is 2. The Morgan fingerprint density at radius 2 is 1.73 bits per heavy atom. The Hall–Kier alpha value is -2.82. The van der Waals surface area contributed by atoms with E-state index in [4.69, 9.17) is 15.3 Å². The summed E-state index contributed by atoms with van der Waals surface area (Å²) >= 11 is 1.02. The van der Waals surface area contributed by atoms with Gasteiger partial charge in [-0.2, -0.15) is 8.42 Å². The minimum Gasteiger partial charge on any atom is -0.457 e. The number of thiazole rings is 1. The number of aromatic nitrogens is 1. The van der Waals surface area contributed by atoms with Crippen molar-refractivity contribution in [3.8, 4) is 0 Å². The van der Waals surface area contributed by atoms with Crippen molar-refractivity contribution in [1.82, 2.24) is 19.5 Å². The van der Waals surface area contributed by atoms with Crippen LogP contribution in [-0.2, 0) is 34.3 Å². The molecule has 0 saturated carbocycles. The summed E-state index contributed by atoms with van der Waals surface area (Å²) in [6, 6.07) is -2.22. The lowest BCUT2D eigenvalue weighted by atomic mass is 9.96. The molecule has 2 atom stereocenters. The highest BCUT2D eigenvalue weighted by molar-refractivity contribution is 7.84. The van der Waals surface area contributed by atoms with Gasteiger partial charge in [0.2, 0.25) is 5.60 Å². The van der Waals surface area contributed by atoms with Crippen molar-refractivity contribution in [1.29, 1.82) is 0 Å². The Morgan fingerprint density at radius 3 is 2.10 bits per heavy atom. The first-order chi connectivity index (χ1) is 18.3. The van der Waals surface area contributed by atoms with Crippen LogP contribution in [-0.4, -0.2) is 93.6 Å². The number of esters is 1. The normalized spacial score (nSPS) is 18.0. The smallest absolute Gasteiger partial charge is 0.362 e. The van der Waals surface area contributed by atoms with Crippen LogP contribution in [0.25, 0.3) is 0 Å². The van der Waals surface area contributed by atoms with Crippen molar-refractivity contribution in [3.05, 3.63) is 11.1 Å². The third kappa shape index (κ3) is 9.67. The van der Waals surface area contributed by atoms with E-state index in [9.17, 15) is 27.4 Å². The fourth-order valence-electron chi connectivity index (χ4n) is 3.44. The highest BCUT2D eigenvalue weighted by Gasteiger charge is 2.53. The molecule has 14 nitrogen and oxygen atoms in total. The van der Waals surface area contributed by atoms with E-state index >= 15 is 0 Å². The van der Waals surface area contributed by atoms with Gasteiger partial charge in [0.1, 0.15) is 17.3 Å². The number of oxime groups is 1. The molecule has 0 aliphatic carbocycles. The number of nitrogens with two attached hydrogens (primary N) is 1. The molecule has 0 unspecified atom stereocenters. The van der Waals surface area contributed by atoms with Crippen LogP contribution in [0.4, 0.5) is 5.13 Å². The first-order valence-electron chi connectivity index (χ1n) is 12.9. The first-order valence-corrected chi connectivity index (χ1v) is 15.1. The van der Waals surface area contributed by atoms with E-state index in [-0.39, 0.29) is 21.6 Å². The molecule has 1 fully saturated rings. The van der Waals surface area contributed by atoms with E-state index in [0.717, 1.165) is 11.3 Å². The summed E-state index contributed by atoms with van der Waals surface area (Å²) in [6.07, 6.45) is 0.134. The molecule has 0 spiro atoms. The van der Waals surface area contributed by atoms with Crippen LogP contribution >= 0.6 is 11.3 Å². The number of rotatable bonds is 11. The average Bonchev–Trinajstić information content (AvgIpc) is 3.26. The molecule has 1 aromatic rings. The predicted molar refractivity (Wildman–Crippen MR) is 152 cm³/mol. The lowest BCUT2D eigenvalue weighted by Crippen LogP contribution is -2.72. The molecule has 0 bridgehead atoms. The second-order valence-corrected chi connectivity index (χ2v) is 12.5. The molecule has 1 saturated heterocycles. The number of β-lactam (4-membered cyclic amide) rings is 1. The van der Waals surface area contributed by atoms with Crippen molar-refractivity contribution in [3.63, 3.8) is 0 Å². The van der Waals surface area contributed by atoms with Crippen LogP contribution in [0.5, 0.6) is 0 Å². The monoisotopic (exact) mass is 606 g/mol. The standard InChI is InChI=1S/C18H27N5O8S2.C6H15N/c1-7-10-12(14(25)23(10)33(27,28)29)21-13(24)11(9-8-32-16(19)20-9)22-31-18(5,6)15(26)30-17(2,3)4;1-4-7(5-2)6-3/h8,10,12H,7H2,1-6H3,(H2,19,20)(H,21,24)(H,27,28,29);4-6H2,1-3H3/t10-,12-;/m0./s1. The first kappa shape index (κ1) is 35.2. The molecule has 0 aromatic carbocycles. The van der Waals surface area contributed by atoms with Gasteiger partial charge in [0.05, 0.1) is 6.04 Å². The minimum absolute atomic E-state index is 0.0152. The van der Waals surface area contributed by atoms with E-state index in [2.05, 4.69) is 41.1 Å². The van der Waals surface area contributed by atoms with Crippen LogP contribution in [0.2, 0.25) is 0 Å². The van der Waals surface area contributed by atoms with Crippen LogP contribution in [0.3, 0.4) is 0 Å². The van der Waals surface area contributed by atoms with Crippen LogP contribution in [0, 0.1) is 0 Å². The molecule has 4 N–H and O–H groups in total. The SMILES string of the molecule is CCN(CC)CC.CC[C@H]1[C@H](NC(=O)C(=NOC(C)(C)C(=O)OC(C)(C)C)c2csc(N)n2)C(=O)N1S(=O)(=O)O. The maximum Gasteiger partial charge on any atom is 0.362 e. The number of ether oxygens (including phenoxy) is 1. The van der Waals surface area contributed by atoms with Gasteiger partial charge in [-0.25, -0.2) is 14.1 Å². The molecule has 0 radical (unpaired) electrons. The number of nitrogens with one attached hydrogen (secondary N) is 1. The van der Waals surface area contributed by atoms with Crippen molar-refractivity contribution >= 4 is 50.3 Å². The van der Waals surface area contributed by atoms with Crippen molar-refractivity contribution in [2.75, 3.05) is 25.4 Å². The quantitative estimate of drug-likeness (QED) is 0.109. The third-order valence-electron chi connectivity index (χ3n) is 5.70. The number of anilines is 1. The molecule has 2 rings (SSSR count). The molecule has 16 heteroatoms. The van der Waals surface area contributed by atoms with Crippen LogP contribution in [0.1, 0.15) is 74.4 Å². The zero-order valence-electron chi connectivity index (χ0n) is 24.5. The number of carbonyl (C=O) groups is 3. The molecular formula is C24H42N6O8S2. The van der Waals surface area contributed by atoms with Gasteiger partial charge in [-0.05, 0) is 60.7 Å². The van der Waals surface area contributed by atoms with Gasteiger partial charge in [-0.15, -0.1) is 11.3 Å². The fraction of sp³-hybridized carbons (Fsp3) is 0.708. The molecule has 1 aliphatic heterocycles. The third-order valence-corrected chi connectivity index (χ3v) is 7.32. The minimum atomic E-state index is -4.77. The summed E-state index contributed by atoms with van der Waals surface area (Å²) in [4.78, 5) is 49.2. The number of nitrogens with zero attached hydrogens (tertiary/aromatic N) is 4. The number of hydrogen-bond donors (Lipinski definition) is 3. The molecule has 40 heavy (non-hydrogen) atoms. The van der Waals surface area contributed by atoms with Gasteiger partial charge < -0.3 is 25.5 Å². The van der Waals surface area contributed by atoms with Crippen molar-refractivity contribution in [2.45, 2.75) is 92.0 Å². The summed E-state index contributed by atoms with van der Waals surface area (Å²) in [7, 11) is -4.77. The number of carbonyl (C=O) groups excluding carboxylic acids is 3. The van der Waals surface area contributed by atoms with Gasteiger partial charge >= 0.3 is 16.3 Å². The summed E-state index contributed by atoms with van der Waals surface area (Å²) in [6.45, 7) is 19.5. The maximum atomic E-state index is 12.9. The summed E-state index contributed by atoms with van der Waals surface area (Å²) in [5.41, 5.74) is 2.89. The van der Waals surface area contributed by atoms with E-state index < -0.39 is 57.1 Å². The molecule has 228 valence electrons. The largest absolute Gasteiger partial charge is 0.457 e. The number of hydrogen-bond acceptors (Lipinski definition) is 12. The Labute approximate surface area is 240 Å². The van der Waals surface area contributed by atoms with Gasteiger partial charge in [0.15, 0.2) is 10.8 Å². The topological polar surface area (TPSA) is 194 Å². The fourth-order valence-corrected chi connectivity index (χ4v) is 4.94. The van der Waals surface area contributed by atoms with Crippen LogP contribution in [0.15, 0.2) is 10.5 Å². The van der Waals surface area contributed by atoms with Crippen molar-refractivity contribution < 1.29 is 36.9 Å². The summed E-state index contributed by atoms with van der Waals surface area (Å²) in [5.74, 6) is -2.67. The number of nitrogen functional groups attached to an aromatic ring is 1. The molecule has 2 heterocycles. The van der Waals surface area contributed by atoms with Gasteiger partial charge in [0.25, 0.3) is 11.8 Å². The molecule has 1 aromatic heterocycles. The second-order valence-electron chi connectivity index (χ2n) is 10.3. The Kier molecular flexibility index (Phi) is 12.5. The zero-order chi connectivity index (χ0) is 31.1. The second kappa shape index (κ2) is 14.2. The van der Waals surface area contributed by atoms with Gasteiger partial charge in [0, 0.05) is 5.38 Å². The van der Waals surface area contributed by atoms with E-state index in [1.807, 2.05) is 0 Å². The van der Waals surface area contributed by atoms with E-state index in [0.29, 0.717) is 0 Å². The van der Waals surface area contributed by atoms with E-state index in [1.165, 1.54) is 38.9 Å². The molecule has 1 aliphatic rings. The Morgan fingerprint density at radius 1 is 1.18 bits per heavy atom. The zero-order valence-corrected chi connectivity index (χ0v) is 26.2. The Bertz CT molecular complexity index is 1170. The summed E-state index contributed by atoms with van der Waals surface area (Å²) < 4.78 is 37.6. The maximum absolute atomic E-state index is 12.9. The van der Waals surface area contributed by atoms with Crippen molar-refractivity contribution in [2.24, 2.45) is 5.16 Å². The lowest BCUT2D eigenvalue weighted by molar-refractivity contribution is -0.179. The van der Waals surface area contributed by atoms with Gasteiger partial charge in [-0.3, -0.25) is 14.1 Å². The Balaban J connectivity index is 0.00000101. The average molecular weight is 607 g/mol. The van der Waals surface area contributed by atoms with E-state index in [1.54, 1.807) is 27.7 Å².